The Balaban J connectivity index is 1.71. The van der Waals surface area contributed by atoms with Gasteiger partial charge in [-0.1, -0.05) is 40.8 Å². The van der Waals surface area contributed by atoms with Crippen molar-refractivity contribution in [2.45, 2.75) is 23.4 Å². The molecule has 0 spiro atoms. The molecule has 0 saturated heterocycles. The standard InChI is InChI=1S/C16H19ClN8S2/c1-8-5-6-10(7-11(8)17)19-15-23-24-16(27-15)26-9(2)12-20-13(18)22-14(21-12)25(3)4/h5-7,9H,1-4H3,(H,19,23)(H2,18,20,21,22)/t9-/m1/s1. The van der Waals surface area contributed by atoms with E-state index >= 15 is 0 Å². The van der Waals surface area contributed by atoms with Gasteiger partial charge in [0.05, 0.1) is 5.25 Å². The smallest absolute Gasteiger partial charge is 0.229 e. The maximum atomic E-state index is 6.16. The van der Waals surface area contributed by atoms with Crippen molar-refractivity contribution in [2.24, 2.45) is 0 Å². The third-order valence-corrected chi connectivity index (χ3v) is 5.96. The van der Waals surface area contributed by atoms with Gasteiger partial charge in [-0.2, -0.15) is 15.0 Å². The number of nitrogen functional groups attached to an aromatic ring is 1. The van der Waals surface area contributed by atoms with Crippen molar-refractivity contribution in [2.75, 3.05) is 30.0 Å². The second-order valence-electron chi connectivity index (χ2n) is 5.97. The number of rotatable bonds is 6. The van der Waals surface area contributed by atoms with Crippen LogP contribution in [0.1, 0.15) is 23.6 Å². The molecule has 3 rings (SSSR count). The minimum Gasteiger partial charge on any atom is -0.368 e. The molecule has 8 nitrogen and oxygen atoms in total. The molecule has 27 heavy (non-hydrogen) atoms. The summed E-state index contributed by atoms with van der Waals surface area (Å²) >= 11 is 9.12. The minimum atomic E-state index is -0.0522. The highest BCUT2D eigenvalue weighted by molar-refractivity contribution is 8.01. The van der Waals surface area contributed by atoms with E-state index in [1.54, 1.807) is 4.90 Å². The van der Waals surface area contributed by atoms with Gasteiger partial charge in [-0.15, -0.1) is 10.2 Å². The van der Waals surface area contributed by atoms with Crippen LogP contribution in [0.3, 0.4) is 0 Å². The van der Waals surface area contributed by atoms with Gasteiger partial charge in [0, 0.05) is 24.8 Å². The van der Waals surface area contributed by atoms with Crippen molar-refractivity contribution in [3.63, 3.8) is 0 Å². The highest BCUT2D eigenvalue weighted by Gasteiger charge is 2.17. The van der Waals surface area contributed by atoms with Crippen LogP contribution in [0.2, 0.25) is 5.02 Å². The molecule has 0 aliphatic rings. The van der Waals surface area contributed by atoms with Crippen LogP contribution in [0, 0.1) is 6.92 Å². The lowest BCUT2D eigenvalue weighted by Gasteiger charge is -2.13. The van der Waals surface area contributed by atoms with E-state index in [-0.39, 0.29) is 11.2 Å². The molecule has 1 atom stereocenters. The minimum absolute atomic E-state index is 0.0522. The van der Waals surface area contributed by atoms with Gasteiger partial charge in [-0.3, -0.25) is 0 Å². The Kier molecular flexibility index (Phi) is 5.98. The second-order valence-corrected chi connectivity index (χ2v) is 8.94. The lowest BCUT2D eigenvalue weighted by atomic mass is 10.2. The number of aryl methyl sites for hydroxylation is 1. The van der Waals surface area contributed by atoms with Gasteiger partial charge in [-0.25, -0.2) is 0 Å². The summed E-state index contributed by atoms with van der Waals surface area (Å²) in [6.45, 7) is 3.95. The predicted molar refractivity (Wildman–Crippen MR) is 112 cm³/mol. The van der Waals surface area contributed by atoms with Crippen molar-refractivity contribution < 1.29 is 0 Å². The van der Waals surface area contributed by atoms with Crippen LogP contribution in [0.4, 0.5) is 22.7 Å². The molecule has 3 aromatic rings. The van der Waals surface area contributed by atoms with E-state index in [2.05, 4.69) is 30.5 Å². The Hall–Kier alpha value is -2.17. The SMILES string of the molecule is Cc1ccc(Nc2nnc(S[C@H](C)c3nc(N)nc(N(C)C)n3)s2)cc1Cl. The van der Waals surface area contributed by atoms with E-state index in [9.17, 15) is 0 Å². The van der Waals surface area contributed by atoms with E-state index in [0.717, 1.165) is 15.6 Å². The molecule has 0 radical (unpaired) electrons. The van der Waals surface area contributed by atoms with Gasteiger partial charge in [0.2, 0.25) is 17.0 Å². The van der Waals surface area contributed by atoms with Crippen molar-refractivity contribution in [1.29, 1.82) is 0 Å². The zero-order valence-electron chi connectivity index (χ0n) is 15.3. The van der Waals surface area contributed by atoms with Crippen LogP contribution < -0.4 is 16.0 Å². The van der Waals surface area contributed by atoms with E-state index in [1.165, 1.54) is 23.1 Å². The van der Waals surface area contributed by atoms with Gasteiger partial charge < -0.3 is 16.0 Å². The number of hydrogen-bond donors (Lipinski definition) is 2. The molecular weight excluding hydrogens is 404 g/mol. The number of halogens is 1. The molecule has 1 aromatic carbocycles. The fraction of sp³-hybridized carbons (Fsp3) is 0.312. The van der Waals surface area contributed by atoms with Crippen LogP contribution in [-0.4, -0.2) is 39.2 Å². The van der Waals surface area contributed by atoms with Gasteiger partial charge in [0.1, 0.15) is 5.82 Å². The fourth-order valence-electron chi connectivity index (χ4n) is 2.09. The molecule has 142 valence electrons. The van der Waals surface area contributed by atoms with Gasteiger partial charge in [-0.05, 0) is 31.5 Å². The van der Waals surface area contributed by atoms with Crippen LogP contribution >= 0.6 is 34.7 Å². The molecule has 0 saturated carbocycles. The number of hydrogen-bond acceptors (Lipinski definition) is 10. The fourth-order valence-corrected chi connectivity index (χ4v) is 4.23. The monoisotopic (exact) mass is 422 g/mol. The summed E-state index contributed by atoms with van der Waals surface area (Å²) in [6.07, 6.45) is 0. The quantitative estimate of drug-likeness (QED) is 0.571. The Bertz CT molecular complexity index is 946. The molecule has 0 bridgehead atoms. The largest absolute Gasteiger partial charge is 0.368 e. The number of nitrogens with one attached hydrogen (secondary N) is 1. The molecule has 0 unspecified atom stereocenters. The first kappa shape index (κ1) is 19.6. The molecular formula is C16H19ClN8S2. The average Bonchev–Trinajstić information content (AvgIpc) is 3.04. The number of nitrogens with zero attached hydrogens (tertiary/aromatic N) is 6. The van der Waals surface area contributed by atoms with Crippen LogP contribution in [0.15, 0.2) is 22.5 Å². The number of aromatic nitrogens is 5. The number of benzene rings is 1. The molecule has 0 amide bonds. The summed E-state index contributed by atoms with van der Waals surface area (Å²) < 4.78 is 0.800. The van der Waals surface area contributed by atoms with Crippen molar-refractivity contribution in [1.82, 2.24) is 25.1 Å². The molecule has 0 fully saturated rings. The molecule has 11 heteroatoms. The number of nitrogens with two attached hydrogens (primary N) is 1. The highest BCUT2D eigenvalue weighted by Crippen LogP contribution is 2.37. The first-order valence-corrected chi connectivity index (χ1v) is 10.1. The van der Waals surface area contributed by atoms with E-state index < -0.39 is 0 Å². The van der Waals surface area contributed by atoms with Gasteiger partial charge in [0.15, 0.2) is 4.34 Å². The predicted octanol–water partition coefficient (Wildman–Crippen LogP) is 3.93. The van der Waals surface area contributed by atoms with E-state index in [1.807, 2.05) is 46.1 Å². The lowest BCUT2D eigenvalue weighted by molar-refractivity contribution is 0.863. The van der Waals surface area contributed by atoms with Crippen molar-refractivity contribution in [3.05, 3.63) is 34.6 Å². The number of anilines is 4. The summed E-state index contributed by atoms with van der Waals surface area (Å²) in [5, 5.41) is 13.0. The zero-order valence-corrected chi connectivity index (χ0v) is 17.7. The third kappa shape index (κ3) is 4.96. The molecule has 2 aromatic heterocycles. The van der Waals surface area contributed by atoms with Crippen LogP contribution in [0.5, 0.6) is 0 Å². The summed E-state index contributed by atoms with van der Waals surface area (Å²) in [5.74, 6) is 1.33. The van der Waals surface area contributed by atoms with Gasteiger partial charge in [0.25, 0.3) is 0 Å². The molecule has 3 N–H and O–H groups in total. The Morgan fingerprint density at radius 3 is 2.70 bits per heavy atom. The van der Waals surface area contributed by atoms with Crippen LogP contribution in [-0.2, 0) is 0 Å². The molecule has 2 heterocycles. The second kappa shape index (κ2) is 8.24. The van der Waals surface area contributed by atoms with E-state index in [0.29, 0.717) is 21.9 Å². The highest BCUT2D eigenvalue weighted by atomic mass is 35.5. The normalized spacial score (nSPS) is 12.0. The topological polar surface area (TPSA) is 106 Å². The molecule has 0 aliphatic carbocycles. The van der Waals surface area contributed by atoms with Crippen molar-refractivity contribution in [3.8, 4) is 0 Å². The molecule has 0 aliphatic heterocycles. The summed E-state index contributed by atoms with van der Waals surface area (Å²) in [6, 6.07) is 5.77. The average molecular weight is 423 g/mol. The summed E-state index contributed by atoms with van der Waals surface area (Å²) in [4.78, 5) is 14.6. The van der Waals surface area contributed by atoms with E-state index in [4.69, 9.17) is 17.3 Å². The maximum Gasteiger partial charge on any atom is 0.229 e. The maximum absolute atomic E-state index is 6.16. The van der Waals surface area contributed by atoms with Crippen molar-refractivity contribution >= 4 is 57.4 Å². The first-order chi connectivity index (χ1) is 12.8. The Morgan fingerprint density at radius 1 is 1.22 bits per heavy atom. The third-order valence-electron chi connectivity index (χ3n) is 3.53. The number of thioether (sulfide) groups is 1. The summed E-state index contributed by atoms with van der Waals surface area (Å²) in [5.41, 5.74) is 7.69. The Labute approximate surface area is 170 Å². The summed E-state index contributed by atoms with van der Waals surface area (Å²) in [7, 11) is 3.72. The van der Waals surface area contributed by atoms with Gasteiger partial charge >= 0.3 is 0 Å². The lowest BCUT2D eigenvalue weighted by Crippen LogP contribution is -2.16. The first-order valence-electron chi connectivity index (χ1n) is 8.04. The zero-order chi connectivity index (χ0) is 19.6. The van der Waals surface area contributed by atoms with Crippen LogP contribution in [0.25, 0.3) is 0 Å². The Morgan fingerprint density at radius 2 is 2.00 bits per heavy atom.